The van der Waals surface area contributed by atoms with Gasteiger partial charge >= 0.3 is 0 Å². The third kappa shape index (κ3) is 6.04. The molecule has 3 aromatic rings. The Balaban J connectivity index is 0.00000241. The number of carbonyl (C=O) groups is 1. The Morgan fingerprint density at radius 3 is 2.36 bits per heavy atom. The number of rotatable bonds is 7. The molecule has 8 nitrogen and oxygen atoms in total. The third-order valence-corrected chi connectivity index (χ3v) is 8.19. The number of anilines is 1. The van der Waals surface area contributed by atoms with E-state index in [1.54, 1.807) is 35.4 Å². The number of nitrogens with zero attached hydrogens (tertiary/aromatic N) is 2. The van der Waals surface area contributed by atoms with Gasteiger partial charge in [0.1, 0.15) is 5.82 Å². The molecule has 2 heterocycles. The lowest BCUT2D eigenvalue weighted by Crippen LogP contribution is -2.40. The number of thiazole rings is 1. The molecule has 0 aliphatic carbocycles. The van der Waals surface area contributed by atoms with E-state index in [1.807, 2.05) is 12.1 Å². The fraction of sp³-hybridized carbons (Fsp3) is 0.240. The Morgan fingerprint density at radius 2 is 1.81 bits per heavy atom. The molecule has 192 valence electrons. The number of likely N-dealkylation sites (tertiary alicyclic amines) is 1. The van der Waals surface area contributed by atoms with Gasteiger partial charge in [-0.2, -0.15) is 0 Å². The number of piperidine rings is 1. The van der Waals surface area contributed by atoms with E-state index in [9.17, 15) is 17.6 Å². The zero-order valence-electron chi connectivity index (χ0n) is 19.6. The molecule has 1 aliphatic heterocycles. The number of amides is 1. The lowest BCUT2D eigenvalue weighted by Gasteiger charge is -2.33. The number of allylic oxidation sites excluding steroid dienone is 1. The van der Waals surface area contributed by atoms with Crippen LogP contribution in [0.25, 0.3) is 0 Å². The van der Waals surface area contributed by atoms with Gasteiger partial charge in [-0.15, -0.1) is 11.3 Å². The number of hydrogen-bond donors (Lipinski definition) is 2. The molecule has 1 aromatic heterocycles. The Labute approximate surface area is 214 Å². The van der Waals surface area contributed by atoms with Crippen molar-refractivity contribution in [3.8, 4) is 0 Å². The van der Waals surface area contributed by atoms with Gasteiger partial charge in [0.2, 0.25) is 0 Å². The van der Waals surface area contributed by atoms with Crippen molar-refractivity contribution in [3.05, 3.63) is 88.7 Å². The molecule has 0 saturated carbocycles. The summed E-state index contributed by atoms with van der Waals surface area (Å²) < 4.78 is 40.8. The molecule has 0 atom stereocenters. The number of hydrogen-bond acceptors (Lipinski definition) is 6. The fourth-order valence-corrected chi connectivity index (χ4v) is 5.89. The smallest absolute Gasteiger partial charge is 0.263 e. The van der Waals surface area contributed by atoms with Crippen LogP contribution in [0, 0.1) is 11.2 Å². The van der Waals surface area contributed by atoms with Crippen LogP contribution in [-0.2, 0) is 14.8 Å². The number of halogens is 1. The highest BCUT2D eigenvalue weighted by Crippen LogP contribution is 2.30. The standard InChI is InChI=1S/C25H25FN4O3S2.H2O.H2/c1-2-22(23(27)19-3-7-20(26)8-4-19)24(31)30-14-11-18(12-15-30)17-5-9-21(10-6-17)35(32,33)29-25-28-13-16-34-25;;/h2-10,13,16,18,27H,11-12,14-15H2,1H3,(H,28,29);1H2;1H/b22-2-,27-23?;;. The SMILES string of the molecule is C/C=C(/C(=N)c1ccc(F)cc1)C(=O)N1CCC(c2ccc(S(=O)(=O)Nc3nccs3)cc2)CC1.O.[HH]. The minimum Gasteiger partial charge on any atom is -0.412 e. The number of sulfonamides is 1. The first kappa shape index (κ1) is 27.2. The van der Waals surface area contributed by atoms with Gasteiger partial charge in [0.25, 0.3) is 15.9 Å². The summed E-state index contributed by atoms with van der Waals surface area (Å²) >= 11 is 1.21. The van der Waals surface area contributed by atoms with Crippen molar-refractivity contribution in [1.82, 2.24) is 9.88 Å². The van der Waals surface area contributed by atoms with Gasteiger partial charge in [0.05, 0.1) is 16.2 Å². The topological polar surface area (TPSA) is 135 Å². The molecular weight excluding hydrogens is 503 g/mol. The minimum atomic E-state index is -3.70. The van der Waals surface area contributed by atoms with Crippen molar-refractivity contribution in [2.45, 2.75) is 30.6 Å². The fourth-order valence-electron chi connectivity index (χ4n) is 4.10. The maximum absolute atomic E-state index is 13.2. The first-order valence-corrected chi connectivity index (χ1v) is 13.5. The molecular formula is C25H29FN4O4S2. The minimum absolute atomic E-state index is 0. The van der Waals surface area contributed by atoms with Crippen LogP contribution in [0.15, 0.2) is 76.7 Å². The Bertz CT molecular complexity index is 1340. The average molecular weight is 533 g/mol. The summed E-state index contributed by atoms with van der Waals surface area (Å²) in [5, 5.41) is 10.4. The molecule has 1 fully saturated rings. The summed E-state index contributed by atoms with van der Waals surface area (Å²) in [5.74, 6) is -0.401. The van der Waals surface area contributed by atoms with Crippen LogP contribution < -0.4 is 4.72 Å². The van der Waals surface area contributed by atoms with E-state index in [4.69, 9.17) is 5.41 Å². The molecule has 0 unspecified atom stereocenters. The lowest BCUT2D eigenvalue weighted by atomic mass is 9.89. The van der Waals surface area contributed by atoms with Gasteiger partial charge in [-0.3, -0.25) is 14.9 Å². The first-order valence-electron chi connectivity index (χ1n) is 11.1. The van der Waals surface area contributed by atoms with Gasteiger partial charge in [0.15, 0.2) is 5.13 Å². The van der Waals surface area contributed by atoms with Crippen LogP contribution in [0.3, 0.4) is 0 Å². The number of carbonyl (C=O) groups excluding carboxylic acids is 1. The third-order valence-electron chi connectivity index (χ3n) is 6.02. The summed E-state index contributed by atoms with van der Waals surface area (Å²) in [6.07, 6.45) is 4.62. The molecule has 1 saturated heterocycles. The molecule has 0 spiro atoms. The molecule has 11 heteroatoms. The van der Waals surface area contributed by atoms with Gasteiger partial charge < -0.3 is 10.4 Å². The predicted octanol–water partition coefficient (Wildman–Crippen LogP) is 4.22. The maximum atomic E-state index is 13.2. The molecule has 1 aliphatic rings. The molecule has 36 heavy (non-hydrogen) atoms. The van der Waals surface area contributed by atoms with E-state index in [1.165, 1.54) is 41.8 Å². The van der Waals surface area contributed by atoms with Crippen molar-refractivity contribution in [2.75, 3.05) is 17.8 Å². The van der Waals surface area contributed by atoms with Crippen molar-refractivity contribution in [1.29, 1.82) is 5.41 Å². The molecule has 0 bridgehead atoms. The largest absolute Gasteiger partial charge is 0.412 e. The Kier molecular flexibility index (Phi) is 8.72. The van der Waals surface area contributed by atoms with E-state index in [2.05, 4.69) is 9.71 Å². The van der Waals surface area contributed by atoms with Crippen LogP contribution in [0.5, 0.6) is 0 Å². The van der Waals surface area contributed by atoms with Crippen molar-refractivity contribution in [3.63, 3.8) is 0 Å². The Hall–Kier alpha value is -3.41. The highest BCUT2D eigenvalue weighted by atomic mass is 32.2. The molecule has 0 radical (unpaired) electrons. The quantitative estimate of drug-likeness (QED) is 0.348. The number of nitrogens with one attached hydrogen (secondary N) is 2. The zero-order chi connectivity index (χ0) is 25.0. The molecule has 4 N–H and O–H groups in total. The van der Waals surface area contributed by atoms with E-state index in [0.717, 1.165) is 18.4 Å². The molecule has 4 rings (SSSR count). The summed E-state index contributed by atoms with van der Waals surface area (Å²) in [4.78, 5) is 19.0. The highest BCUT2D eigenvalue weighted by molar-refractivity contribution is 7.93. The second-order valence-corrected chi connectivity index (χ2v) is 10.7. The van der Waals surface area contributed by atoms with Gasteiger partial charge in [-0.25, -0.2) is 17.8 Å². The highest BCUT2D eigenvalue weighted by Gasteiger charge is 2.27. The van der Waals surface area contributed by atoms with Crippen LogP contribution in [0.4, 0.5) is 9.52 Å². The van der Waals surface area contributed by atoms with Crippen molar-refractivity contribution in [2.24, 2.45) is 0 Å². The molecule has 1 amide bonds. The van der Waals surface area contributed by atoms with E-state index in [-0.39, 0.29) is 34.9 Å². The Morgan fingerprint density at radius 1 is 1.17 bits per heavy atom. The second kappa shape index (κ2) is 11.5. The van der Waals surface area contributed by atoms with Crippen LogP contribution in [0.1, 0.15) is 38.2 Å². The van der Waals surface area contributed by atoms with Crippen molar-refractivity contribution >= 4 is 38.1 Å². The lowest BCUT2D eigenvalue weighted by molar-refractivity contribution is -0.127. The summed E-state index contributed by atoms with van der Waals surface area (Å²) in [6.45, 7) is 2.78. The normalized spacial score (nSPS) is 14.7. The van der Waals surface area contributed by atoms with Crippen molar-refractivity contribution < 1.29 is 24.5 Å². The van der Waals surface area contributed by atoms with Gasteiger partial charge in [0, 0.05) is 31.7 Å². The first-order chi connectivity index (χ1) is 16.8. The number of benzene rings is 2. The summed E-state index contributed by atoms with van der Waals surface area (Å²) in [5.41, 5.74) is 1.87. The van der Waals surface area contributed by atoms with Gasteiger partial charge in [-0.1, -0.05) is 18.2 Å². The van der Waals surface area contributed by atoms with E-state index in [0.29, 0.717) is 23.8 Å². The van der Waals surface area contributed by atoms with E-state index >= 15 is 0 Å². The zero-order valence-corrected chi connectivity index (χ0v) is 21.2. The monoisotopic (exact) mass is 532 g/mol. The summed E-state index contributed by atoms with van der Waals surface area (Å²) in [7, 11) is -3.70. The maximum Gasteiger partial charge on any atom is 0.263 e. The van der Waals surface area contributed by atoms with Gasteiger partial charge in [-0.05, 0) is 67.6 Å². The van der Waals surface area contributed by atoms with Crippen LogP contribution >= 0.6 is 11.3 Å². The average Bonchev–Trinajstić information content (AvgIpc) is 3.37. The predicted molar refractivity (Wildman–Crippen MR) is 141 cm³/mol. The second-order valence-electron chi connectivity index (χ2n) is 8.16. The van der Waals surface area contributed by atoms with Crippen LogP contribution in [0.2, 0.25) is 0 Å². The molecule has 2 aromatic carbocycles. The van der Waals surface area contributed by atoms with Crippen LogP contribution in [-0.4, -0.2) is 48.5 Å². The van der Waals surface area contributed by atoms with E-state index < -0.39 is 15.8 Å². The summed E-state index contributed by atoms with van der Waals surface area (Å²) in [6, 6.07) is 12.4. The number of aromatic nitrogens is 1.